The van der Waals surface area contributed by atoms with Crippen molar-refractivity contribution in [3.8, 4) is 22.4 Å². The minimum atomic E-state index is -4.16. The number of aromatic nitrogens is 4. The van der Waals surface area contributed by atoms with Gasteiger partial charge < -0.3 is 10.3 Å². The molecule has 0 saturated heterocycles. The first-order valence-corrected chi connectivity index (χ1v) is 12.4. The van der Waals surface area contributed by atoms with E-state index in [1.54, 1.807) is 23.0 Å². The summed E-state index contributed by atoms with van der Waals surface area (Å²) in [6.07, 6.45) is 4.92. The molecule has 0 atom stereocenters. The molecule has 6 rings (SSSR count). The van der Waals surface area contributed by atoms with Gasteiger partial charge in [0.1, 0.15) is 5.69 Å². The number of fused-ring (bicyclic) bond motifs is 9. The standard InChI is InChI=1S/C25H18N6O4S/c32-24-17-5-2-6-19(10-17)36(34,35)30-22-11-18(13-27-25(22)33)21-7-8-31-23(29-21)20(14-28-31)16-4-1-3-15(9-16)12-26-24/h1-11,13-14,30H,12H2,(H,26,32)(H,27,33). The molecular weight excluding hydrogens is 480 g/mol. The smallest absolute Gasteiger partial charge is 0.272 e. The second kappa shape index (κ2) is 8.17. The van der Waals surface area contributed by atoms with Gasteiger partial charge in [0.2, 0.25) is 0 Å². The average Bonchev–Trinajstić information content (AvgIpc) is 3.31. The van der Waals surface area contributed by atoms with E-state index >= 15 is 0 Å². The molecule has 36 heavy (non-hydrogen) atoms. The molecule has 2 aromatic carbocycles. The summed E-state index contributed by atoms with van der Waals surface area (Å²) in [5.74, 6) is -0.430. The molecule has 4 heterocycles. The van der Waals surface area contributed by atoms with Crippen LogP contribution in [0.15, 0.2) is 88.9 Å². The number of pyridine rings is 1. The first-order chi connectivity index (χ1) is 17.4. The van der Waals surface area contributed by atoms with Gasteiger partial charge >= 0.3 is 0 Å². The number of carbonyl (C=O) groups excluding carboxylic acids is 1. The Labute approximate surface area is 204 Å². The van der Waals surface area contributed by atoms with Gasteiger partial charge in [-0.2, -0.15) is 5.10 Å². The maximum absolute atomic E-state index is 13.1. The summed E-state index contributed by atoms with van der Waals surface area (Å²) in [7, 11) is -4.16. The lowest BCUT2D eigenvalue weighted by molar-refractivity contribution is 0.0950. The van der Waals surface area contributed by atoms with E-state index in [2.05, 4.69) is 20.1 Å². The first kappa shape index (κ1) is 21.7. The van der Waals surface area contributed by atoms with Crippen molar-refractivity contribution in [3.63, 3.8) is 0 Å². The van der Waals surface area contributed by atoms with Gasteiger partial charge in [-0.05, 0) is 47.5 Å². The van der Waals surface area contributed by atoms with Crippen LogP contribution in [0.5, 0.6) is 0 Å². The summed E-state index contributed by atoms with van der Waals surface area (Å²) >= 11 is 0. The number of hydrogen-bond donors (Lipinski definition) is 3. The maximum Gasteiger partial charge on any atom is 0.272 e. The number of rotatable bonds is 0. The van der Waals surface area contributed by atoms with E-state index in [0.29, 0.717) is 16.9 Å². The summed E-state index contributed by atoms with van der Waals surface area (Å²) in [6.45, 7) is 0.236. The SMILES string of the molecule is O=C1NCc2cccc(c2)-c2cnn3ccc(nc23)-c2c[nH]c(=O)c(c2)NS(=O)(=O)c2cccc1c2. The number of nitrogens with one attached hydrogen (secondary N) is 3. The highest BCUT2D eigenvalue weighted by atomic mass is 32.2. The van der Waals surface area contributed by atoms with Crippen molar-refractivity contribution >= 4 is 27.3 Å². The van der Waals surface area contributed by atoms with E-state index in [9.17, 15) is 18.0 Å². The van der Waals surface area contributed by atoms with Crippen LogP contribution in [0.2, 0.25) is 0 Å². The van der Waals surface area contributed by atoms with Gasteiger partial charge in [-0.1, -0.05) is 24.3 Å². The zero-order valence-electron chi connectivity index (χ0n) is 18.6. The Morgan fingerprint density at radius 1 is 0.917 bits per heavy atom. The topological polar surface area (TPSA) is 138 Å². The van der Waals surface area contributed by atoms with Gasteiger partial charge in [0.05, 0.1) is 16.8 Å². The molecule has 5 aromatic rings. The molecule has 0 radical (unpaired) electrons. The molecule has 10 nitrogen and oxygen atoms in total. The normalized spacial score (nSPS) is 14.5. The van der Waals surface area contributed by atoms with Gasteiger partial charge in [-0.25, -0.2) is 17.9 Å². The minimum absolute atomic E-state index is 0.147. The van der Waals surface area contributed by atoms with Crippen molar-refractivity contribution in [2.75, 3.05) is 4.72 Å². The molecule has 0 fully saturated rings. The van der Waals surface area contributed by atoms with Crippen LogP contribution in [0.3, 0.4) is 0 Å². The Balaban J connectivity index is 1.57. The largest absolute Gasteiger partial charge is 0.348 e. The van der Waals surface area contributed by atoms with E-state index < -0.39 is 21.5 Å². The molecule has 11 heteroatoms. The quantitative estimate of drug-likeness (QED) is 0.300. The average molecular weight is 499 g/mol. The zero-order chi connectivity index (χ0) is 24.9. The van der Waals surface area contributed by atoms with Crippen LogP contribution < -0.4 is 15.6 Å². The van der Waals surface area contributed by atoms with E-state index in [1.807, 2.05) is 24.3 Å². The van der Waals surface area contributed by atoms with Crippen molar-refractivity contribution in [2.24, 2.45) is 0 Å². The third-order valence-electron chi connectivity index (χ3n) is 5.91. The van der Waals surface area contributed by atoms with Crippen LogP contribution in [-0.2, 0) is 16.6 Å². The number of amides is 1. The van der Waals surface area contributed by atoms with Crippen molar-refractivity contribution in [3.05, 3.63) is 101 Å². The molecule has 1 aliphatic rings. The number of sulfonamides is 1. The number of benzene rings is 2. The molecule has 3 aromatic heterocycles. The number of aromatic amines is 1. The van der Waals surface area contributed by atoms with Crippen LogP contribution in [-0.4, -0.2) is 33.9 Å². The van der Waals surface area contributed by atoms with Crippen molar-refractivity contribution < 1.29 is 13.2 Å². The lowest BCUT2D eigenvalue weighted by Gasteiger charge is -2.11. The molecule has 3 N–H and O–H groups in total. The monoisotopic (exact) mass is 498 g/mol. The van der Waals surface area contributed by atoms with Crippen LogP contribution in [0.4, 0.5) is 5.69 Å². The Hall–Kier alpha value is -4.77. The van der Waals surface area contributed by atoms with Crippen molar-refractivity contribution in [1.82, 2.24) is 24.9 Å². The fourth-order valence-electron chi connectivity index (χ4n) is 4.08. The molecule has 1 amide bonds. The van der Waals surface area contributed by atoms with Crippen LogP contribution in [0, 0.1) is 0 Å². The van der Waals surface area contributed by atoms with Crippen molar-refractivity contribution in [2.45, 2.75) is 11.4 Å². The van der Waals surface area contributed by atoms with Crippen molar-refractivity contribution in [1.29, 1.82) is 0 Å². The Bertz CT molecular complexity index is 1840. The molecule has 0 saturated carbocycles. The zero-order valence-corrected chi connectivity index (χ0v) is 19.4. The highest BCUT2D eigenvalue weighted by molar-refractivity contribution is 7.92. The minimum Gasteiger partial charge on any atom is -0.348 e. The van der Waals surface area contributed by atoms with Gasteiger partial charge in [0.25, 0.3) is 21.5 Å². The fourth-order valence-corrected chi connectivity index (χ4v) is 5.18. The summed E-state index contributed by atoms with van der Waals surface area (Å²) in [4.78, 5) is 32.4. The van der Waals surface area contributed by atoms with Gasteiger partial charge in [-0.15, -0.1) is 0 Å². The summed E-state index contributed by atoms with van der Waals surface area (Å²) in [6, 6.07) is 16.4. The summed E-state index contributed by atoms with van der Waals surface area (Å²) < 4.78 is 30.1. The van der Waals surface area contributed by atoms with Gasteiger partial charge in [0.15, 0.2) is 5.65 Å². The number of H-pyrrole nitrogens is 1. The lowest BCUT2D eigenvalue weighted by atomic mass is 10.1. The third-order valence-corrected chi connectivity index (χ3v) is 7.27. The number of nitrogens with zero attached hydrogens (tertiary/aromatic N) is 3. The molecule has 8 bridgehead atoms. The number of carbonyl (C=O) groups is 1. The molecule has 1 aliphatic heterocycles. The van der Waals surface area contributed by atoms with E-state index in [-0.39, 0.29) is 22.7 Å². The highest BCUT2D eigenvalue weighted by Crippen LogP contribution is 2.27. The van der Waals surface area contributed by atoms with Crippen LogP contribution in [0.1, 0.15) is 15.9 Å². The maximum atomic E-state index is 13.1. The molecule has 178 valence electrons. The molecule has 0 aliphatic carbocycles. The second-order valence-corrected chi connectivity index (χ2v) is 9.97. The van der Waals surface area contributed by atoms with E-state index in [4.69, 9.17) is 4.98 Å². The predicted octanol–water partition coefficient (Wildman–Crippen LogP) is 2.80. The Kier molecular flexibility index (Phi) is 4.93. The highest BCUT2D eigenvalue weighted by Gasteiger charge is 2.19. The lowest BCUT2D eigenvalue weighted by Crippen LogP contribution is -2.24. The molecular formula is C25H18N6O4S. The molecule has 0 unspecified atom stereocenters. The molecule has 0 spiro atoms. The summed E-state index contributed by atoms with van der Waals surface area (Å²) in [5, 5.41) is 7.21. The first-order valence-electron chi connectivity index (χ1n) is 11.0. The van der Waals surface area contributed by atoms with Gasteiger partial charge in [0, 0.05) is 35.6 Å². The summed E-state index contributed by atoms with van der Waals surface area (Å²) in [5.41, 5.74) is 3.50. The second-order valence-electron chi connectivity index (χ2n) is 8.29. The number of hydrogen-bond acceptors (Lipinski definition) is 6. The van der Waals surface area contributed by atoms with Crippen LogP contribution >= 0.6 is 0 Å². The predicted molar refractivity (Wildman–Crippen MR) is 133 cm³/mol. The Morgan fingerprint density at radius 3 is 2.64 bits per heavy atom. The van der Waals surface area contributed by atoms with Crippen LogP contribution in [0.25, 0.3) is 28.0 Å². The fraction of sp³-hybridized carbons (Fsp3) is 0.0400. The van der Waals surface area contributed by atoms with E-state index in [0.717, 1.165) is 16.7 Å². The Morgan fingerprint density at radius 2 is 1.75 bits per heavy atom. The van der Waals surface area contributed by atoms with Gasteiger partial charge in [-0.3, -0.25) is 14.3 Å². The van der Waals surface area contributed by atoms with E-state index in [1.165, 1.54) is 36.5 Å². The third kappa shape index (κ3) is 3.81. The number of anilines is 1.